The van der Waals surface area contributed by atoms with Crippen molar-refractivity contribution in [3.63, 3.8) is 0 Å². The van der Waals surface area contributed by atoms with Crippen molar-refractivity contribution in [1.29, 1.82) is 0 Å². The Hall–Kier alpha value is -1.07. The minimum absolute atomic E-state index is 0.0699. The highest BCUT2D eigenvalue weighted by atomic mass is 79.9. The van der Waals surface area contributed by atoms with Crippen LogP contribution in [-0.2, 0) is 11.3 Å². The van der Waals surface area contributed by atoms with Crippen LogP contribution in [0.2, 0.25) is 0 Å². The zero-order valence-corrected chi connectivity index (χ0v) is 14.6. The summed E-state index contributed by atoms with van der Waals surface area (Å²) >= 11 is 3.54. The monoisotopic (exact) mass is 353 g/mol. The fourth-order valence-corrected chi connectivity index (χ4v) is 2.70. The van der Waals surface area contributed by atoms with Crippen molar-refractivity contribution in [2.75, 3.05) is 24.5 Å². The molecule has 0 aromatic heterocycles. The molecular formula is C16H24BrN3O. The number of carbonyl (C=O) groups excluding carboxylic acids is 1. The molecule has 0 radical (unpaired) electrons. The molecule has 0 unspecified atom stereocenters. The number of amides is 1. The molecule has 1 amide bonds. The lowest BCUT2D eigenvalue weighted by molar-refractivity contribution is -0.119. The molecule has 0 saturated carbocycles. The van der Waals surface area contributed by atoms with Gasteiger partial charge in [-0.05, 0) is 44.9 Å². The summed E-state index contributed by atoms with van der Waals surface area (Å²) in [6.07, 6.45) is 0.977. The van der Waals surface area contributed by atoms with E-state index in [2.05, 4.69) is 70.4 Å². The van der Waals surface area contributed by atoms with E-state index >= 15 is 0 Å². The van der Waals surface area contributed by atoms with Gasteiger partial charge in [0.2, 0.25) is 5.91 Å². The van der Waals surface area contributed by atoms with E-state index in [9.17, 15) is 4.79 Å². The van der Waals surface area contributed by atoms with Gasteiger partial charge in [0.25, 0.3) is 0 Å². The first kappa shape index (κ1) is 16.3. The summed E-state index contributed by atoms with van der Waals surface area (Å²) in [5, 5.41) is 6.45. The van der Waals surface area contributed by atoms with Crippen molar-refractivity contribution in [3.8, 4) is 0 Å². The van der Waals surface area contributed by atoms with Crippen LogP contribution >= 0.6 is 15.9 Å². The van der Waals surface area contributed by atoms with Crippen LogP contribution in [0.1, 0.15) is 32.8 Å². The summed E-state index contributed by atoms with van der Waals surface area (Å²) in [5.74, 6) is 0.0993. The number of rotatable bonds is 3. The van der Waals surface area contributed by atoms with Gasteiger partial charge < -0.3 is 15.5 Å². The molecule has 2 rings (SSSR count). The van der Waals surface area contributed by atoms with E-state index in [0.717, 1.165) is 36.2 Å². The maximum Gasteiger partial charge on any atom is 0.239 e. The van der Waals surface area contributed by atoms with E-state index in [1.165, 1.54) is 5.56 Å². The second kappa shape index (κ2) is 6.79. The van der Waals surface area contributed by atoms with Crippen molar-refractivity contribution in [2.45, 2.75) is 39.3 Å². The Balaban J connectivity index is 2.23. The minimum atomic E-state index is 0.0699. The summed E-state index contributed by atoms with van der Waals surface area (Å²) in [7, 11) is 0. The average Bonchev–Trinajstić information content (AvgIpc) is 2.61. The highest BCUT2D eigenvalue weighted by molar-refractivity contribution is 9.10. The van der Waals surface area contributed by atoms with Crippen molar-refractivity contribution < 1.29 is 4.79 Å². The lowest BCUT2D eigenvalue weighted by atomic mass is 10.1. The van der Waals surface area contributed by atoms with E-state index in [-0.39, 0.29) is 11.4 Å². The number of anilines is 1. The fraction of sp³-hybridized carbons (Fsp3) is 0.562. The first-order valence-electron chi connectivity index (χ1n) is 7.40. The highest BCUT2D eigenvalue weighted by Crippen LogP contribution is 2.26. The number of benzene rings is 1. The Morgan fingerprint density at radius 2 is 2.14 bits per heavy atom. The third-order valence-corrected chi connectivity index (χ3v) is 3.95. The van der Waals surface area contributed by atoms with E-state index in [4.69, 9.17) is 0 Å². The third-order valence-electron chi connectivity index (χ3n) is 3.46. The quantitative estimate of drug-likeness (QED) is 0.877. The SMILES string of the molecule is CC(C)(C)NCc1ccc(Br)cc1N1CCCNC(=O)C1. The number of hydrogen-bond acceptors (Lipinski definition) is 3. The van der Waals surface area contributed by atoms with Crippen molar-refractivity contribution in [3.05, 3.63) is 28.2 Å². The number of nitrogens with one attached hydrogen (secondary N) is 2. The Kier molecular flexibility index (Phi) is 5.27. The summed E-state index contributed by atoms with van der Waals surface area (Å²) < 4.78 is 1.04. The lowest BCUT2D eigenvalue weighted by Gasteiger charge is -2.27. The summed E-state index contributed by atoms with van der Waals surface area (Å²) in [6, 6.07) is 6.29. The van der Waals surface area contributed by atoms with Gasteiger partial charge in [0, 0.05) is 35.3 Å². The van der Waals surface area contributed by atoms with Crippen LogP contribution < -0.4 is 15.5 Å². The predicted octanol–water partition coefficient (Wildman–Crippen LogP) is 2.66. The summed E-state index contributed by atoms with van der Waals surface area (Å²) in [4.78, 5) is 14.0. The number of halogens is 1. The molecule has 0 spiro atoms. The fourth-order valence-electron chi connectivity index (χ4n) is 2.35. The van der Waals surface area contributed by atoms with Gasteiger partial charge >= 0.3 is 0 Å². The standard InChI is InChI=1S/C16H24BrN3O/c1-16(2,3)19-10-12-5-6-13(17)9-14(12)20-8-4-7-18-15(21)11-20/h5-6,9,19H,4,7-8,10-11H2,1-3H3,(H,18,21). The van der Waals surface area contributed by atoms with Crippen molar-refractivity contribution in [2.24, 2.45) is 0 Å². The van der Waals surface area contributed by atoms with E-state index in [0.29, 0.717) is 6.54 Å². The average molecular weight is 354 g/mol. The second-order valence-corrected chi connectivity index (χ2v) is 7.42. The number of nitrogens with zero attached hydrogens (tertiary/aromatic N) is 1. The first-order valence-corrected chi connectivity index (χ1v) is 8.19. The maximum atomic E-state index is 11.8. The van der Waals surface area contributed by atoms with Gasteiger partial charge in [-0.2, -0.15) is 0 Å². The molecule has 21 heavy (non-hydrogen) atoms. The van der Waals surface area contributed by atoms with Crippen LogP contribution in [0, 0.1) is 0 Å². The molecule has 1 fully saturated rings. The molecule has 1 aliphatic heterocycles. The van der Waals surface area contributed by atoms with Crippen LogP contribution in [0.15, 0.2) is 22.7 Å². The van der Waals surface area contributed by atoms with Gasteiger partial charge in [-0.25, -0.2) is 0 Å². The Labute approximate surface area is 135 Å². The van der Waals surface area contributed by atoms with E-state index in [1.807, 2.05) is 0 Å². The lowest BCUT2D eigenvalue weighted by Crippen LogP contribution is -2.37. The van der Waals surface area contributed by atoms with Crippen molar-refractivity contribution in [1.82, 2.24) is 10.6 Å². The molecular weight excluding hydrogens is 330 g/mol. The normalized spacial score (nSPS) is 16.6. The van der Waals surface area contributed by atoms with Crippen LogP contribution in [0.3, 0.4) is 0 Å². The first-order chi connectivity index (χ1) is 9.85. The maximum absolute atomic E-state index is 11.8. The highest BCUT2D eigenvalue weighted by Gasteiger charge is 2.19. The van der Waals surface area contributed by atoms with Crippen LogP contribution in [0.4, 0.5) is 5.69 Å². The zero-order chi connectivity index (χ0) is 15.5. The largest absolute Gasteiger partial charge is 0.362 e. The molecule has 1 aromatic carbocycles. The van der Waals surface area contributed by atoms with Gasteiger partial charge in [0.05, 0.1) is 6.54 Å². The van der Waals surface area contributed by atoms with Crippen LogP contribution in [0.5, 0.6) is 0 Å². The Bertz CT molecular complexity index is 511. The number of carbonyl (C=O) groups is 1. The van der Waals surface area contributed by atoms with Gasteiger partial charge in [0.15, 0.2) is 0 Å². The smallest absolute Gasteiger partial charge is 0.239 e. The summed E-state index contributed by atoms with van der Waals surface area (Å²) in [5.41, 5.74) is 2.43. The molecule has 5 heteroatoms. The van der Waals surface area contributed by atoms with E-state index in [1.54, 1.807) is 0 Å². The molecule has 1 aromatic rings. The Morgan fingerprint density at radius 1 is 1.38 bits per heavy atom. The molecule has 0 atom stereocenters. The third kappa shape index (κ3) is 5.00. The molecule has 116 valence electrons. The van der Waals surface area contributed by atoms with Crippen molar-refractivity contribution >= 4 is 27.5 Å². The van der Waals surface area contributed by atoms with Gasteiger partial charge in [0.1, 0.15) is 0 Å². The second-order valence-electron chi connectivity index (χ2n) is 6.50. The van der Waals surface area contributed by atoms with Crippen LogP contribution in [-0.4, -0.2) is 31.1 Å². The topological polar surface area (TPSA) is 44.4 Å². The zero-order valence-electron chi connectivity index (χ0n) is 13.0. The molecule has 0 aliphatic carbocycles. The van der Waals surface area contributed by atoms with Gasteiger partial charge in [-0.3, -0.25) is 4.79 Å². The molecule has 1 aliphatic rings. The van der Waals surface area contributed by atoms with Gasteiger partial charge in [-0.1, -0.05) is 22.0 Å². The molecule has 1 heterocycles. The Morgan fingerprint density at radius 3 is 2.86 bits per heavy atom. The molecule has 0 bridgehead atoms. The minimum Gasteiger partial charge on any atom is -0.362 e. The predicted molar refractivity (Wildman–Crippen MR) is 90.6 cm³/mol. The molecule has 1 saturated heterocycles. The molecule has 4 nitrogen and oxygen atoms in total. The van der Waals surface area contributed by atoms with E-state index < -0.39 is 0 Å². The van der Waals surface area contributed by atoms with Gasteiger partial charge in [-0.15, -0.1) is 0 Å². The summed E-state index contributed by atoms with van der Waals surface area (Å²) in [6.45, 7) is 9.36. The van der Waals surface area contributed by atoms with Crippen LogP contribution in [0.25, 0.3) is 0 Å². The number of hydrogen-bond donors (Lipinski definition) is 2. The molecule has 2 N–H and O–H groups in total.